The zero-order valence-electron chi connectivity index (χ0n) is 13.2. The first kappa shape index (κ1) is 14.9. The highest BCUT2D eigenvalue weighted by atomic mass is 15.2. The van der Waals surface area contributed by atoms with Crippen LogP contribution in [-0.2, 0) is 0 Å². The molecule has 3 aromatic rings. The zero-order chi connectivity index (χ0) is 16.4. The number of benzene rings is 2. The van der Waals surface area contributed by atoms with Crippen molar-refractivity contribution in [3.05, 3.63) is 59.7 Å². The Morgan fingerprint density at radius 3 is 2.70 bits per heavy atom. The molecule has 0 saturated heterocycles. The molecule has 3 rings (SSSR count). The van der Waals surface area contributed by atoms with Gasteiger partial charge in [0.2, 0.25) is 0 Å². The van der Waals surface area contributed by atoms with Crippen molar-refractivity contribution in [1.29, 1.82) is 5.26 Å². The van der Waals surface area contributed by atoms with E-state index < -0.39 is 0 Å². The lowest BCUT2D eigenvalue weighted by Crippen LogP contribution is -2.18. The summed E-state index contributed by atoms with van der Waals surface area (Å²) in [5, 5.41) is 10.4. The minimum atomic E-state index is 0.548. The number of hydrogen-bond donors (Lipinski definition) is 1. The van der Waals surface area contributed by atoms with Crippen molar-refractivity contribution in [2.75, 3.05) is 17.2 Å². The Bertz CT molecular complexity index is 909. The van der Waals surface area contributed by atoms with E-state index in [9.17, 15) is 5.26 Å². The summed E-state index contributed by atoms with van der Waals surface area (Å²) in [5.74, 6) is 0.679. The van der Waals surface area contributed by atoms with E-state index in [0.717, 1.165) is 23.1 Å². The highest BCUT2D eigenvalue weighted by Crippen LogP contribution is 2.30. The molecule has 2 aromatic carbocycles. The molecule has 0 aliphatic heterocycles. The zero-order valence-corrected chi connectivity index (χ0v) is 13.2. The Balaban J connectivity index is 2.20. The molecule has 0 unspecified atom stereocenters. The highest BCUT2D eigenvalue weighted by molar-refractivity contribution is 5.86. The third kappa shape index (κ3) is 2.82. The molecule has 23 heavy (non-hydrogen) atoms. The maximum Gasteiger partial charge on any atom is 0.151 e. The number of hydrogen-bond acceptors (Lipinski definition) is 4. The first-order valence-electron chi connectivity index (χ1n) is 7.57. The van der Waals surface area contributed by atoms with Crippen molar-refractivity contribution in [2.24, 2.45) is 0 Å². The number of aryl methyl sites for hydroxylation is 1. The van der Waals surface area contributed by atoms with Crippen LogP contribution >= 0.6 is 0 Å². The molecule has 4 nitrogen and oxygen atoms in total. The van der Waals surface area contributed by atoms with E-state index in [1.54, 1.807) is 0 Å². The van der Waals surface area contributed by atoms with Gasteiger partial charge >= 0.3 is 0 Å². The molecule has 1 heterocycles. The first-order chi connectivity index (χ1) is 11.1. The first-order valence-corrected chi connectivity index (χ1v) is 7.57. The Hall–Kier alpha value is -3.06. The molecule has 0 aliphatic rings. The van der Waals surface area contributed by atoms with Gasteiger partial charge in [-0.15, -0.1) is 0 Å². The van der Waals surface area contributed by atoms with Crippen LogP contribution in [0.1, 0.15) is 18.1 Å². The molecule has 0 spiro atoms. The van der Waals surface area contributed by atoms with Crippen LogP contribution < -0.4 is 10.6 Å². The summed E-state index contributed by atoms with van der Waals surface area (Å²) in [6.07, 6.45) is 0. The van der Waals surface area contributed by atoms with Crippen molar-refractivity contribution < 1.29 is 0 Å². The van der Waals surface area contributed by atoms with E-state index in [0.29, 0.717) is 17.1 Å². The molecule has 114 valence electrons. The summed E-state index contributed by atoms with van der Waals surface area (Å²) in [6, 6.07) is 17.9. The molecule has 0 bridgehead atoms. The van der Waals surface area contributed by atoms with Gasteiger partial charge < -0.3 is 10.6 Å². The van der Waals surface area contributed by atoms with E-state index in [2.05, 4.69) is 36.9 Å². The largest absolute Gasteiger partial charge is 0.399 e. The Kier molecular flexibility index (Phi) is 3.86. The summed E-state index contributed by atoms with van der Waals surface area (Å²) in [7, 11) is 0. The molecule has 4 heteroatoms. The van der Waals surface area contributed by atoms with Gasteiger partial charge in [-0.05, 0) is 55.8 Å². The van der Waals surface area contributed by atoms with Gasteiger partial charge in [-0.25, -0.2) is 4.98 Å². The summed E-state index contributed by atoms with van der Waals surface area (Å²) < 4.78 is 0. The summed E-state index contributed by atoms with van der Waals surface area (Å²) in [4.78, 5) is 6.77. The standard InChI is InChI=1S/C19H18N4/c1-3-23(17-6-4-5-13(2)9-17)19-15(12-20)10-14-11-16(21)7-8-18(14)22-19/h4-11H,3,21H2,1-2H3. The van der Waals surface area contributed by atoms with Crippen LogP contribution in [0.15, 0.2) is 48.5 Å². The molecule has 0 radical (unpaired) electrons. The summed E-state index contributed by atoms with van der Waals surface area (Å²) >= 11 is 0. The molecular formula is C19H18N4. The fourth-order valence-corrected chi connectivity index (χ4v) is 2.72. The predicted octanol–water partition coefficient (Wildman–Crippen LogP) is 4.16. The van der Waals surface area contributed by atoms with Crippen LogP contribution in [0.4, 0.5) is 17.2 Å². The summed E-state index contributed by atoms with van der Waals surface area (Å²) in [5.41, 5.74) is 10.1. The third-order valence-electron chi connectivity index (χ3n) is 3.82. The monoisotopic (exact) mass is 302 g/mol. The quantitative estimate of drug-likeness (QED) is 0.738. The maximum absolute atomic E-state index is 9.55. The minimum absolute atomic E-state index is 0.548. The second kappa shape index (κ2) is 5.98. The van der Waals surface area contributed by atoms with Gasteiger partial charge in [0.25, 0.3) is 0 Å². The van der Waals surface area contributed by atoms with E-state index in [4.69, 9.17) is 10.7 Å². The number of nitriles is 1. The van der Waals surface area contributed by atoms with Crippen molar-refractivity contribution in [1.82, 2.24) is 4.98 Å². The smallest absolute Gasteiger partial charge is 0.151 e. The van der Waals surface area contributed by atoms with Crippen LogP contribution in [0.2, 0.25) is 0 Å². The second-order valence-corrected chi connectivity index (χ2v) is 5.51. The fourth-order valence-electron chi connectivity index (χ4n) is 2.72. The molecule has 0 aliphatic carbocycles. The molecule has 0 saturated carbocycles. The van der Waals surface area contributed by atoms with E-state index in [1.165, 1.54) is 5.56 Å². The number of pyridine rings is 1. The van der Waals surface area contributed by atoms with Gasteiger partial charge in [0.1, 0.15) is 6.07 Å². The van der Waals surface area contributed by atoms with Crippen LogP contribution in [0.25, 0.3) is 10.9 Å². The maximum atomic E-state index is 9.55. The number of nitrogen functional groups attached to an aromatic ring is 1. The number of rotatable bonds is 3. The number of nitrogens with two attached hydrogens (primary N) is 1. The van der Waals surface area contributed by atoms with Crippen LogP contribution in [-0.4, -0.2) is 11.5 Å². The lowest BCUT2D eigenvalue weighted by atomic mass is 10.1. The molecule has 0 fully saturated rings. The number of nitrogens with zero attached hydrogens (tertiary/aromatic N) is 3. The number of fused-ring (bicyclic) bond motifs is 1. The van der Waals surface area contributed by atoms with E-state index in [1.807, 2.05) is 36.4 Å². The Morgan fingerprint density at radius 1 is 1.17 bits per heavy atom. The molecule has 2 N–H and O–H groups in total. The van der Waals surface area contributed by atoms with Gasteiger partial charge in [0, 0.05) is 23.3 Å². The van der Waals surface area contributed by atoms with Gasteiger partial charge in [-0.2, -0.15) is 5.26 Å². The Morgan fingerprint density at radius 2 is 2.00 bits per heavy atom. The van der Waals surface area contributed by atoms with Crippen LogP contribution in [0, 0.1) is 18.3 Å². The van der Waals surface area contributed by atoms with Crippen molar-refractivity contribution in [2.45, 2.75) is 13.8 Å². The molecule has 0 amide bonds. The average Bonchev–Trinajstić information content (AvgIpc) is 2.55. The lowest BCUT2D eigenvalue weighted by molar-refractivity contribution is 0.992. The molecule has 0 atom stereocenters. The lowest BCUT2D eigenvalue weighted by Gasteiger charge is -2.24. The van der Waals surface area contributed by atoms with Gasteiger partial charge in [-0.3, -0.25) is 0 Å². The van der Waals surface area contributed by atoms with Crippen molar-refractivity contribution in [3.63, 3.8) is 0 Å². The minimum Gasteiger partial charge on any atom is -0.399 e. The van der Waals surface area contributed by atoms with Gasteiger partial charge in [-0.1, -0.05) is 12.1 Å². The molecular weight excluding hydrogens is 284 g/mol. The van der Waals surface area contributed by atoms with Gasteiger partial charge in [0.15, 0.2) is 5.82 Å². The van der Waals surface area contributed by atoms with Crippen LogP contribution in [0.3, 0.4) is 0 Å². The van der Waals surface area contributed by atoms with E-state index >= 15 is 0 Å². The molecule has 1 aromatic heterocycles. The number of aromatic nitrogens is 1. The van der Waals surface area contributed by atoms with Gasteiger partial charge in [0.05, 0.1) is 11.1 Å². The van der Waals surface area contributed by atoms with E-state index in [-0.39, 0.29) is 0 Å². The topological polar surface area (TPSA) is 65.9 Å². The third-order valence-corrected chi connectivity index (χ3v) is 3.82. The van der Waals surface area contributed by atoms with Crippen molar-refractivity contribution >= 4 is 28.1 Å². The predicted molar refractivity (Wildman–Crippen MR) is 94.7 cm³/mol. The SMILES string of the molecule is CCN(c1cccc(C)c1)c1nc2ccc(N)cc2cc1C#N. The fraction of sp³-hybridized carbons (Fsp3) is 0.158. The van der Waals surface area contributed by atoms with Crippen LogP contribution in [0.5, 0.6) is 0 Å². The number of anilines is 3. The second-order valence-electron chi connectivity index (χ2n) is 5.51. The Labute approximate surface area is 135 Å². The normalized spacial score (nSPS) is 10.5. The van der Waals surface area contributed by atoms with Crippen molar-refractivity contribution in [3.8, 4) is 6.07 Å². The summed E-state index contributed by atoms with van der Waals surface area (Å²) in [6.45, 7) is 4.84. The average molecular weight is 302 g/mol. The highest BCUT2D eigenvalue weighted by Gasteiger charge is 2.15.